The molecule has 0 amide bonds. The monoisotopic (exact) mass is 417 g/mol. The molecule has 2 aromatic carbocycles. The van der Waals surface area contributed by atoms with Gasteiger partial charge in [-0.25, -0.2) is 0 Å². The van der Waals surface area contributed by atoms with Gasteiger partial charge in [0.2, 0.25) is 0 Å². The second-order valence-electron chi connectivity index (χ2n) is 6.61. The van der Waals surface area contributed by atoms with Crippen LogP contribution in [0.1, 0.15) is 37.3 Å². The van der Waals surface area contributed by atoms with Gasteiger partial charge in [-0.2, -0.15) is 0 Å². The maximum atomic E-state index is 13.6. The summed E-state index contributed by atoms with van der Waals surface area (Å²) in [7, 11) is 0. The van der Waals surface area contributed by atoms with Gasteiger partial charge in [-0.3, -0.25) is 9.69 Å². The molecule has 0 N–H and O–H groups in total. The highest BCUT2D eigenvalue weighted by molar-refractivity contribution is 8.93. The van der Waals surface area contributed by atoms with Crippen LogP contribution in [0, 0.1) is 0 Å². The maximum absolute atomic E-state index is 13.6. The molecule has 1 fully saturated rings. The van der Waals surface area contributed by atoms with Crippen molar-refractivity contribution in [3.05, 3.63) is 71.8 Å². The molecule has 3 rings (SSSR count). The Morgan fingerprint density at radius 1 is 0.923 bits per heavy atom. The molecule has 1 saturated heterocycles. The number of Topliss-reactive ketones (excluding diaryl/α,β-unsaturated/α-hetero) is 1. The van der Waals surface area contributed by atoms with E-state index in [0.717, 1.165) is 24.2 Å². The van der Waals surface area contributed by atoms with Gasteiger partial charge in [0.15, 0.2) is 11.4 Å². The van der Waals surface area contributed by atoms with Crippen molar-refractivity contribution in [2.75, 3.05) is 26.2 Å². The van der Waals surface area contributed by atoms with Gasteiger partial charge in [0, 0.05) is 6.61 Å². The first-order valence-corrected chi connectivity index (χ1v) is 9.28. The fourth-order valence-electron chi connectivity index (χ4n) is 3.73. The van der Waals surface area contributed by atoms with Crippen LogP contribution in [-0.4, -0.2) is 36.9 Å². The highest BCUT2D eigenvalue weighted by Gasteiger charge is 2.43. The van der Waals surface area contributed by atoms with Gasteiger partial charge in [0.05, 0.1) is 6.54 Å². The van der Waals surface area contributed by atoms with Crippen LogP contribution in [0.15, 0.2) is 60.7 Å². The number of likely N-dealkylation sites (tertiary alicyclic amines) is 1. The van der Waals surface area contributed by atoms with E-state index in [1.165, 1.54) is 19.3 Å². The minimum Gasteiger partial charge on any atom is -0.358 e. The smallest absolute Gasteiger partial charge is 0.187 e. The second kappa shape index (κ2) is 10.0. The van der Waals surface area contributed by atoms with E-state index in [4.69, 9.17) is 4.74 Å². The van der Waals surface area contributed by atoms with Crippen molar-refractivity contribution in [3.8, 4) is 0 Å². The van der Waals surface area contributed by atoms with Crippen LogP contribution >= 0.6 is 17.0 Å². The van der Waals surface area contributed by atoms with Crippen LogP contribution in [0.2, 0.25) is 0 Å². The molecule has 0 aliphatic carbocycles. The molecule has 0 saturated carbocycles. The van der Waals surface area contributed by atoms with Gasteiger partial charge >= 0.3 is 0 Å². The maximum Gasteiger partial charge on any atom is 0.187 e. The third kappa shape index (κ3) is 4.43. The van der Waals surface area contributed by atoms with Crippen molar-refractivity contribution in [3.63, 3.8) is 0 Å². The lowest BCUT2D eigenvalue weighted by atomic mass is 9.82. The quantitative estimate of drug-likeness (QED) is 0.658. The Balaban J connectivity index is 0.00000243. The van der Waals surface area contributed by atoms with E-state index in [9.17, 15) is 4.79 Å². The normalized spacial score (nSPS) is 15.3. The molecule has 0 radical (unpaired) electrons. The Labute approximate surface area is 167 Å². The summed E-state index contributed by atoms with van der Waals surface area (Å²) >= 11 is 0. The van der Waals surface area contributed by atoms with E-state index < -0.39 is 5.60 Å². The molecule has 4 heteroatoms. The summed E-state index contributed by atoms with van der Waals surface area (Å²) in [6.45, 7) is 4.86. The molecule has 0 aromatic heterocycles. The molecule has 0 unspecified atom stereocenters. The average molecular weight is 418 g/mol. The molecule has 0 atom stereocenters. The Morgan fingerprint density at radius 2 is 1.42 bits per heavy atom. The molecule has 0 bridgehead atoms. The lowest BCUT2D eigenvalue weighted by Gasteiger charge is -2.36. The van der Waals surface area contributed by atoms with E-state index in [0.29, 0.717) is 13.2 Å². The fourth-order valence-corrected chi connectivity index (χ4v) is 3.73. The third-order valence-corrected chi connectivity index (χ3v) is 4.93. The van der Waals surface area contributed by atoms with Crippen molar-refractivity contribution in [2.45, 2.75) is 31.8 Å². The molecular formula is C22H28BrNO2. The fraction of sp³-hybridized carbons (Fsp3) is 0.409. The third-order valence-electron chi connectivity index (χ3n) is 4.93. The summed E-state index contributed by atoms with van der Waals surface area (Å²) in [6.07, 6.45) is 3.61. The standard InChI is InChI=1S/C22H27NO2.BrH/c1-2-25-22(19-12-6-3-7-13-19,20-14-8-4-9-15-20)21(24)18-23-16-10-5-11-17-23;/h3-4,6-9,12-15H,2,5,10-11,16-18H2,1H3;1H. The van der Waals surface area contributed by atoms with E-state index in [2.05, 4.69) is 4.90 Å². The Morgan fingerprint density at radius 3 is 1.88 bits per heavy atom. The van der Waals surface area contributed by atoms with Crippen LogP contribution < -0.4 is 0 Å². The lowest BCUT2D eigenvalue weighted by molar-refractivity contribution is -0.141. The number of carbonyl (C=O) groups is 1. The number of rotatable bonds is 7. The molecule has 140 valence electrons. The summed E-state index contributed by atoms with van der Waals surface area (Å²) in [5.41, 5.74) is 0.782. The van der Waals surface area contributed by atoms with Gasteiger partial charge in [-0.15, -0.1) is 17.0 Å². The van der Waals surface area contributed by atoms with E-state index >= 15 is 0 Å². The second-order valence-corrected chi connectivity index (χ2v) is 6.61. The van der Waals surface area contributed by atoms with E-state index in [1.54, 1.807) is 0 Å². The first kappa shape index (κ1) is 20.8. The number of carbonyl (C=O) groups excluding carboxylic acids is 1. The van der Waals surface area contributed by atoms with E-state index in [-0.39, 0.29) is 22.8 Å². The molecule has 2 aromatic rings. The molecule has 26 heavy (non-hydrogen) atoms. The van der Waals surface area contributed by atoms with Crippen molar-refractivity contribution in [2.24, 2.45) is 0 Å². The zero-order valence-electron chi connectivity index (χ0n) is 15.4. The Bertz CT molecular complexity index is 630. The summed E-state index contributed by atoms with van der Waals surface area (Å²) in [4.78, 5) is 15.8. The molecule has 0 spiro atoms. The zero-order chi connectivity index (χ0) is 17.5. The van der Waals surface area contributed by atoms with Gasteiger partial charge < -0.3 is 4.74 Å². The summed E-state index contributed by atoms with van der Waals surface area (Å²) in [5.74, 6) is 0.119. The number of nitrogens with zero attached hydrogens (tertiary/aromatic N) is 1. The summed E-state index contributed by atoms with van der Waals surface area (Å²) < 4.78 is 6.23. The molecule has 3 nitrogen and oxygen atoms in total. The molecule has 1 heterocycles. The summed E-state index contributed by atoms with van der Waals surface area (Å²) in [5, 5.41) is 0. The molecule has 1 aliphatic heterocycles. The molecule has 1 aliphatic rings. The number of piperidine rings is 1. The van der Waals surface area contributed by atoms with Crippen LogP contribution in [0.25, 0.3) is 0 Å². The van der Waals surface area contributed by atoms with Gasteiger partial charge in [0.25, 0.3) is 0 Å². The molecular weight excluding hydrogens is 390 g/mol. The van der Waals surface area contributed by atoms with E-state index in [1.807, 2.05) is 67.6 Å². The largest absolute Gasteiger partial charge is 0.358 e. The topological polar surface area (TPSA) is 29.5 Å². The first-order chi connectivity index (χ1) is 12.3. The Kier molecular flexibility index (Phi) is 8.01. The van der Waals surface area contributed by atoms with Crippen LogP contribution in [0.3, 0.4) is 0 Å². The van der Waals surface area contributed by atoms with Gasteiger partial charge in [-0.05, 0) is 44.0 Å². The average Bonchev–Trinajstić information content (AvgIpc) is 2.68. The predicted octanol–water partition coefficient (Wildman–Crippen LogP) is 4.60. The number of ether oxygens (including phenoxy) is 1. The van der Waals surface area contributed by atoms with Gasteiger partial charge in [-0.1, -0.05) is 67.1 Å². The number of hydrogen-bond donors (Lipinski definition) is 0. The highest BCUT2D eigenvalue weighted by Crippen LogP contribution is 2.35. The van der Waals surface area contributed by atoms with Crippen molar-refractivity contribution in [1.82, 2.24) is 4.90 Å². The predicted molar refractivity (Wildman–Crippen MR) is 111 cm³/mol. The number of hydrogen-bond acceptors (Lipinski definition) is 3. The number of halogens is 1. The number of benzene rings is 2. The summed E-state index contributed by atoms with van der Waals surface area (Å²) in [6, 6.07) is 19.8. The lowest BCUT2D eigenvalue weighted by Crippen LogP contribution is -2.47. The van der Waals surface area contributed by atoms with Crippen molar-refractivity contribution in [1.29, 1.82) is 0 Å². The highest BCUT2D eigenvalue weighted by atomic mass is 79.9. The minimum atomic E-state index is -1.03. The SMILES string of the molecule is Br.CCOC(C(=O)CN1CCCCC1)(c1ccccc1)c1ccccc1. The number of ketones is 1. The van der Waals surface area contributed by atoms with Gasteiger partial charge in [0.1, 0.15) is 0 Å². The Hall–Kier alpha value is -1.49. The van der Waals surface area contributed by atoms with Crippen LogP contribution in [0.5, 0.6) is 0 Å². The van der Waals surface area contributed by atoms with Crippen molar-refractivity contribution < 1.29 is 9.53 Å². The minimum absolute atomic E-state index is 0. The zero-order valence-corrected chi connectivity index (χ0v) is 17.1. The van der Waals surface area contributed by atoms with Crippen LogP contribution in [0.4, 0.5) is 0 Å². The van der Waals surface area contributed by atoms with Crippen molar-refractivity contribution >= 4 is 22.8 Å². The first-order valence-electron chi connectivity index (χ1n) is 9.28. The van der Waals surface area contributed by atoms with Crippen LogP contribution in [-0.2, 0) is 15.1 Å².